The number of carbonyl (C=O) groups excluding carboxylic acids is 1. The van der Waals surface area contributed by atoms with E-state index < -0.39 is 0 Å². The number of guanidine groups is 1. The lowest BCUT2D eigenvalue weighted by Gasteiger charge is -2.35. The topological polar surface area (TPSA) is 69.2 Å². The van der Waals surface area contributed by atoms with Gasteiger partial charge in [-0.3, -0.25) is 14.7 Å². The Morgan fingerprint density at radius 2 is 1.76 bits per heavy atom. The summed E-state index contributed by atoms with van der Waals surface area (Å²) in [6.45, 7) is 16.8. The van der Waals surface area contributed by atoms with E-state index in [1.165, 1.54) is 0 Å². The minimum Gasteiger partial charge on any atom is -0.379 e. The quantitative estimate of drug-likeness (QED) is 0.450. The molecule has 29 heavy (non-hydrogen) atoms. The Kier molecular flexibility index (Phi) is 10.8. The number of likely N-dealkylation sites (tertiary alicyclic amines) is 1. The SMILES string of the molecule is CCNC(=NCC(C)CN1CCOCC1)NC1CCN(C(=O)C(CC)CC)CC1. The third-order valence-corrected chi connectivity index (χ3v) is 6.06. The Hall–Kier alpha value is -1.34. The molecular formula is C22H43N5O2. The molecule has 2 fully saturated rings. The van der Waals surface area contributed by atoms with Crippen molar-refractivity contribution in [3.05, 3.63) is 0 Å². The number of ether oxygens (including phenoxy) is 1. The molecule has 0 aliphatic carbocycles. The van der Waals surface area contributed by atoms with Gasteiger partial charge >= 0.3 is 0 Å². The maximum atomic E-state index is 12.6. The van der Waals surface area contributed by atoms with E-state index in [0.717, 1.165) is 90.7 Å². The van der Waals surface area contributed by atoms with Crippen molar-refractivity contribution in [2.45, 2.75) is 59.4 Å². The van der Waals surface area contributed by atoms with Crippen LogP contribution in [-0.2, 0) is 9.53 Å². The van der Waals surface area contributed by atoms with Crippen LogP contribution in [-0.4, -0.2) is 86.7 Å². The van der Waals surface area contributed by atoms with Gasteiger partial charge in [0.25, 0.3) is 0 Å². The van der Waals surface area contributed by atoms with Crippen molar-refractivity contribution in [1.29, 1.82) is 0 Å². The number of amides is 1. The highest BCUT2D eigenvalue weighted by molar-refractivity contribution is 5.80. The van der Waals surface area contributed by atoms with Gasteiger partial charge < -0.3 is 20.3 Å². The van der Waals surface area contributed by atoms with Crippen molar-refractivity contribution >= 4 is 11.9 Å². The number of carbonyl (C=O) groups is 1. The summed E-state index contributed by atoms with van der Waals surface area (Å²) in [4.78, 5) is 22.0. The second-order valence-electron chi connectivity index (χ2n) is 8.50. The van der Waals surface area contributed by atoms with Crippen LogP contribution in [0, 0.1) is 11.8 Å². The molecule has 168 valence electrons. The van der Waals surface area contributed by atoms with Gasteiger partial charge in [0.15, 0.2) is 5.96 Å². The zero-order valence-corrected chi connectivity index (χ0v) is 19.1. The predicted molar refractivity (Wildman–Crippen MR) is 119 cm³/mol. The second-order valence-corrected chi connectivity index (χ2v) is 8.50. The molecule has 0 aromatic carbocycles. The van der Waals surface area contributed by atoms with Gasteiger partial charge in [-0.05, 0) is 38.5 Å². The zero-order chi connectivity index (χ0) is 21.1. The molecule has 0 bridgehead atoms. The number of hydrogen-bond acceptors (Lipinski definition) is 4. The first-order valence-electron chi connectivity index (χ1n) is 11.7. The highest BCUT2D eigenvalue weighted by Crippen LogP contribution is 2.17. The van der Waals surface area contributed by atoms with Crippen LogP contribution < -0.4 is 10.6 Å². The summed E-state index contributed by atoms with van der Waals surface area (Å²) < 4.78 is 5.43. The lowest BCUT2D eigenvalue weighted by Crippen LogP contribution is -2.50. The van der Waals surface area contributed by atoms with Crippen LogP contribution in [0.3, 0.4) is 0 Å². The van der Waals surface area contributed by atoms with Crippen LogP contribution in [0.2, 0.25) is 0 Å². The lowest BCUT2D eigenvalue weighted by atomic mass is 9.98. The van der Waals surface area contributed by atoms with E-state index in [-0.39, 0.29) is 5.92 Å². The van der Waals surface area contributed by atoms with E-state index in [1.807, 2.05) is 0 Å². The molecule has 0 aromatic heterocycles. The maximum Gasteiger partial charge on any atom is 0.225 e. The smallest absolute Gasteiger partial charge is 0.225 e. The molecule has 1 amide bonds. The number of nitrogens with one attached hydrogen (secondary N) is 2. The van der Waals surface area contributed by atoms with Crippen molar-refractivity contribution in [1.82, 2.24) is 20.4 Å². The van der Waals surface area contributed by atoms with Crippen LogP contribution in [0.1, 0.15) is 53.4 Å². The van der Waals surface area contributed by atoms with Gasteiger partial charge in [0, 0.05) is 57.8 Å². The van der Waals surface area contributed by atoms with E-state index >= 15 is 0 Å². The summed E-state index contributed by atoms with van der Waals surface area (Å²) in [5.74, 6) is 1.95. The van der Waals surface area contributed by atoms with E-state index in [1.54, 1.807) is 0 Å². The van der Waals surface area contributed by atoms with Gasteiger partial charge in [-0.2, -0.15) is 0 Å². The Bertz CT molecular complexity index is 495. The van der Waals surface area contributed by atoms with Gasteiger partial charge in [-0.25, -0.2) is 0 Å². The summed E-state index contributed by atoms with van der Waals surface area (Å²) in [6, 6.07) is 0.383. The number of hydrogen-bond donors (Lipinski definition) is 2. The van der Waals surface area contributed by atoms with Gasteiger partial charge in [-0.15, -0.1) is 0 Å². The monoisotopic (exact) mass is 409 g/mol. The van der Waals surface area contributed by atoms with Crippen LogP contribution in [0.5, 0.6) is 0 Å². The van der Waals surface area contributed by atoms with Gasteiger partial charge in [0.05, 0.1) is 13.2 Å². The fourth-order valence-corrected chi connectivity index (χ4v) is 4.18. The fourth-order valence-electron chi connectivity index (χ4n) is 4.18. The Morgan fingerprint density at radius 1 is 1.10 bits per heavy atom. The minimum atomic E-state index is 0.186. The van der Waals surface area contributed by atoms with E-state index in [0.29, 0.717) is 17.9 Å². The molecule has 2 saturated heterocycles. The average Bonchev–Trinajstić information content (AvgIpc) is 2.74. The third kappa shape index (κ3) is 8.13. The van der Waals surface area contributed by atoms with Crippen molar-refractivity contribution in [3.8, 4) is 0 Å². The molecule has 2 N–H and O–H groups in total. The Morgan fingerprint density at radius 3 is 2.34 bits per heavy atom. The molecule has 7 heteroatoms. The standard InChI is InChI=1S/C22H43N5O2/c1-5-19(6-2)21(28)27-10-8-20(9-11-27)25-22(23-7-3)24-16-18(4)17-26-12-14-29-15-13-26/h18-20H,5-17H2,1-4H3,(H2,23,24,25). The van der Waals surface area contributed by atoms with Gasteiger partial charge in [-0.1, -0.05) is 20.8 Å². The highest BCUT2D eigenvalue weighted by atomic mass is 16.5. The number of nitrogens with zero attached hydrogens (tertiary/aromatic N) is 3. The zero-order valence-electron chi connectivity index (χ0n) is 19.1. The van der Waals surface area contributed by atoms with Crippen molar-refractivity contribution in [2.24, 2.45) is 16.8 Å². The molecule has 2 aliphatic rings. The molecule has 0 radical (unpaired) electrons. The molecule has 0 aromatic rings. The second kappa shape index (κ2) is 13.1. The maximum absolute atomic E-state index is 12.6. The summed E-state index contributed by atoms with van der Waals surface area (Å²) in [7, 11) is 0. The fraction of sp³-hybridized carbons (Fsp3) is 0.909. The van der Waals surface area contributed by atoms with Crippen molar-refractivity contribution < 1.29 is 9.53 Å². The first-order valence-corrected chi connectivity index (χ1v) is 11.7. The van der Waals surface area contributed by atoms with Gasteiger partial charge in [0.2, 0.25) is 5.91 Å². The Balaban J connectivity index is 1.78. The third-order valence-electron chi connectivity index (χ3n) is 6.06. The van der Waals surface area contributed by atoms with Crippen LogP contribution in [0.25, 0.3) is 0 Å². The molecule has 1 unspecified atom stereocenters. The molecule has 2 heterocycles. The van der Waals surface area contributed by atoms with E-state index in [9.17, 15) is 4.79 Å². The van der Waals surface area contributed by atoms with E-state index in [2.05, 4.69) is 48.1 Å². The summed E-state index contributed by atoms with van der Waals surface area (Å²) in [5, 5.41) is 6.98. The van der Waals surface area contributed by atoms with Crippen LogP contribution in [0.4, 0.5) is 0 Å². The summed E-state index contributed by atoms with van der Waals surface area (Å²) in [6.07, 6.45) is 3.85. The van der Waals surface area contributed by atoms with Crippen molar-refractivity contribution in [3.63, 3.8) is 0 Å². The molecule has 2 rings (SSSR count). The van der Waals surface area contributed by atoms with Crippen LogP contribution >= 0.6 is 0 Å². The van der Waals surface area contributed by atoms with E-state index in [4.69, 9.17) is 9.73 Å². The first-order chi connectivity index (χ1) is 14.1. The highest BCUT2D eigenvalue weighted by Gasteiger charge is 2.26. The molecule has 0 spiro atoms. The Labute approximate surface area is 177 Å². The largest absolute Gasteiger partial charge is 0.379 e. The lowest BCUT2D eigenvalue weighted by molar-refractivity contribution is -0.136. The number of morpholine rings is 1. The first kappa shape index (κ1) is 23.9. The molecule has 1 atom stereocenters. The minimum absolute atomic E-state index is 0.186. The molecular weight excluding hydrogens is 366 g/mol. The summed E-state index contributed by atoms with van der Waals surface area (Å²) in [5.41, 5.74) is 0. The summed E-state index contributed by atoms with van der Waals surface area (Å²) >= 11 is 0. The molecule has 2 aliphatic heterocycles. The van der Waals surface area contributed by atoms with Gasteiger partial charge in [0.1, 0.15) is 0 Å². The normalized spacial score (nSPS) is 20.7. The molecule has 0 saturated carbocycles. The van der Waals surface area contributed by atoms with Crippen molar-refractivity contribution in [2.75, 3.05) is 59.0 Å². The number of aliphatic imine (C=N–C) groups is 1. The molecule has 7 nitrogen and oxygen atoms in total. The predicted octanol–water partition coefficient (Wildman–Crippen LogP) is 1.94. The number of piperidine rings is 1. The number of rotatable bonds is 9. The average molecular weight is 410 g/mol. The van der Waals surface area contributed by atoms with Crippen LogP contribution in [0.15, 0.2) is 4.99 Å².